The molecule has 0 unspecified atom stereocenters. The predicted molar refractivity (Wildman–Crippen MR) is 142 cm³/mol. The van der Waals surface area contributed by atoms with Gasteiger partial charge in [0.1, 0.15) is 6.61 Å². The van der Waals surface area contributed by atoms with Gasteiger partial charge in [-0.1, -0.05) is 105 Å². The minimum absolute atomic E-state index is 0.0320. The molecule has 0 fully saturated rings. The van der Waals surface area contributed by atoms with Crippen molar-refractivity contribution in [1.82, 2.24) is 4.90 Å². The van der Waals surface area contributed by atoms with Crippen molar-refractivity contribution in [2.24, 2.45) is 11.7 Å². The Balaban J connectivity index is 1.38. The van der Waals surface area contributed by atoms with Gasteiger partial charge in [0.25, 0.3) is 0 Å². The first-order valence-corrected chi connectivity index (χ1v) is 12.3. The molecule has 4 aromatic rings. The molecule has 1 aliphatic carbocycles. The monoisotopic (exact) mass is 464 g/mol. The second-order valence-corrected chi connectivity index (χ2v) is 9.73. The Bertz CT molecular complexity index is 1300. The Morgan fingerprint density at radius 2 is 1.46 bits per heavy atom. The van der Waals surface area contributed by atoms with Crippen LogP contribution in [0.15, 0.2) is 91.0 Å². The Morgan fingerprint density at radius 3 is 2.14 bits per heavy atom. The maximum atomic E-state index is 13.5. The largest absolute Gasteiger partial charge is 0.448 e. The van der Waals surface area contributed by atoms with Gasteiger partial charge in [0, 0.05) is 25.0 Å². The van der Waals surface area contributed by atoms with Crippen molar-refractivity contribution in [1.29, 1.82) is 0 Å². The topological polar surface area (TPSA) is 55.6 Å². The van der Waals surface area contributed by atoms with Crippen LogP contribution in [0.5, 0.6) is 0 Å². The summed E-state index contributed by atoms with van der Waals surface area (Å²) in [5.41, 5.74) is 12.4. The molecule has 1 amide bonds. The van der Waals surface area contributed by atoms with Crippen LogP contribution in [-0.4, -0.2) is 30.2 Å². The van der Waals surface area contributed by atoms with Crippen molar-refractivity contribution < 1.29 is 9.53 Å². The average molecular weight is 465 g/mol. The van der Waals surface area contributed by atoms with E-state index < -0.39 is 0 Å². The van der Waals surface area contributed by atoms with Crippen LogP contribution in [0.4, 0.5) is 4.79 Å². The van der Waals surface area contributed by atoms with Crippen molar-refractivity contribution in [2.45, 2.75) is 32.4 Å². The molecule has 4 heteroatoms. The molecule has 4 aromatic carbocycles. The number of nitrogens with two attached hydrogens (primary N) is 1. The van der Waals surface area contributed by atoms with E-state index in [1.165, 1.54) is 22.3 Å². The summed E-state index contributed by atoms with van der Waals surface area (Å²) >= 11 is 0. The minimum atomic E-state index is -0.323. The number of rotatable bonds is 7. The van der Waals surface area contributed by atoms with Gasteiger partial charge in [0.15, 0.2) is 0 Å². The van der Waals surface area contributed by atoms with Crippen molar-refractivity contribution in [3.05, 3.63) is 108 Å². The van der Waals surface area contributed by atoms with E-state index in [1.54, 1.807) is 4.90 Å². The zero-order chi connectivity index (χ0) is 24.4. The van der Waals surface area contributed by atoms with Gasteiger partial charge in [-0.05, 0) is 44.5 Å². The van der Waals surface area contributed by atoms with E-state index in [2.05, 4.69) is 74.5 Å². The summed E-state index contributed by atoms with van der Waals surface area (Å²) < 4.78 is 6.00. The van der Waals surface area contributed by atoms with E-state index in [4.69, 9.17) is 10.5 Å². The molecule has 178 valence electrons. The molecule has 2 N–H and O–H groups in total. The highest BCUT2D eigenvalue weighted by molar-refractivity contribution is 5.86. The fraction of sp³-hybridized carbons (Fsp3) is 0.258. The van der Waals surface area contributed by atoms with Crippen LogP contribution < -0.4 is 5.73 Å². The molecule has 5 rings (SSSR count). The molecule has 1 atom stereocenters. The molecule has 0 aromatic heterocycles. The third-order valence-electron chi connectivity index (χ3n) is 7.12. The van der Waals surface area contributed by atoms with Crippen LogP contribution in [0.25, 0.3) is 21.9 Å². The molecule has 0 bridgehead atoms. The highest BCUT2D eigenvalue weighted by Gasteiger charge is 2.30. The van der Waals surface area contributed by atoms with Gasteiger partial charge >= 0.3 is 6.09 Å². The van der Waals surface area contributed by atoms with E-state index in [0.29, 0.717) is 19.7 Å². The zero-order valence-corrected chi connectivity index (χ0v) is 20.4. The van der Waals surface area contributed by atoms with E-state index in [1.807, 2.05) is 30.3 Å². The molecule has 0 spiro atoms. The number of ether oxygens (including phenoxy) is 1. The number of hydrogen-bond acceptors (Lipinski definition) is 3. The van der Waals surface area contributed by atoms with Crippen molar-refractivity contribution in [3.8, 4) is 11.1 Å². The lowest BCUT2D eigenvalue weighted by Crippen LogP contribution is -2.43. The average Bonchev–Trinajstić information content (AvgIpc) is 3.20. The van der Waals surface area contributed by atoms with Gasteiger partial charge < -0.3 is 15.4 Å². The number of carbonyl (C=O) groups is 1. The number of hydrogen-bond donors (Lipinski definition) is 1. The molecule has 0 aliphatic heterocycles. The van der Waals surface area contributed by atoms with Gasteiger partial charge in [-0.15, -0.1) is 0 Å². The van der Waals surface area contributed by atoms with Gasteiger partial charge in [-0.25, -0.2) is 4.79 Å². The summed E-state index contributed by atoms with van der Waals surface area (Å²) in [6, 6.07) is 31.1. The van der Waals surface area contributed by atoms with E-state index in [9.17, 15) is 4.79 Å². The lowest BCUT2D eigenvalue weighted by atomic mass is 9.98. The summed E-state index contributed by atoms with van der Waals surface area (Å²) in [5.74, 6) is 0.288. The quantitative estimate of drug-likeness (QED) is 0.336. The first-order valence-electron chi connectivity index (χ1n) is 12.3. The SMILES string of the molecule is CC(C)[C@H](N)CN(Cc1cccc2ccccc12)C(=O)OCC1c2ccccc2-c2ccccc21. The fourth-order valence-electron chi connectivity index (χ4n) is 4.99. The molecule has 1 aliphatic rings. The van der Waals surface area contributed by atoms with Gasteiger partial charge in [0.05, 0.1) is 0 Å². The van der Waals surface area contributed by atoms with Crippen LogP contribution in [0.3, 0.4) is 0 Å². The van der Waals surface area contributed by atoms with Gasteiger partial charge in [0.2, 0.25) is 0 Å². The molecular formula is C31H32N2O2. The molecule has 35 heavy (non-hydrogen) atoms. The lowest BCUT2D eigenvalue weighted by Gasteiger charge is -2.28. The van der Waals surface area contributed by atoms with Crippen molar-refractivity contribution >= 4 is 16.9 Å². The second-order valence-electron chi connectivity index (χ2n) is 9.73. The molecule has 0 saturated heterocycles. The highest BCUT2D eigenvalue weighted by Crippen LogP contribution is 2.44. The summed E-state index contributed by atoms with van der Waals surface area (Å²) in [7, 11) is 0. The number of fused-ring (bicyclic) bond motifs is 4. The Labute approximate surface area is 207 Å². The lowest BCUT2D eigenvalue weighted by molar-refractivity contribution is 0.0930. The first-order chi connectivity index (χ1) is 17.0. The Kier molecular flexibility index (Phi) is 6.56. The van der Waals surface area contributed by atoms with E-state index in [-0.39, 0.29) is 24.0 Å². The van der Waals surface area contributed by atoms with E-state index >= 15 is 0 Å². The van der Waals surface area contributed by atoms with Crippen LogP contribution in [0.2, 0.25) is 0 Å². The maximum absolute atomic E-state index is 13.5. The summed E-state index contributed by atoms with van der Waals surface area (Å²) in [4.78, 5) is 15.2. The molecule has 4 nitrogen and oxygen atoms in total. The van der Waals surface area contributed by atoms with Crippen LogP contribution >= 0.6 is 0 Å². The Hall–Kier alpha value is -3.63. The molecule has 0 saturated carbocycles. The number of carbonyl (C=O) groups excluding carboxylic acids is 1. The van der Waals surface area contributed by atoms with E-state index in [0.717, 1.165) is 16.3 Å². The maximum Gasteiger partial charge on any atom is 0.410 e. The number of amides is 1. The van der Waals surface area contributed by atoms with Crippen molar-refractivity contribution in [2.75, 3.05) is 13.2 Å². The predicted octanol–water partition coefficient (Wildman–Crippen LogP) is 6.57. The normalized spacial score (nSPS) is 13.5. The van der Waals surface area contributed by atoms with Crippen molar-refractivity contribution in [3.63, 3.8) is 0 Å². The summed E-state index contributed by atoms with van der Waals surface area (Å²) in [6.45, 7) is 5.36. The third-order valence-corrected chi connectivity index (χ3v) is 7.12. The summed E-state index contributed by atoms with van der Waals surface area (Å²) in [5, 5.41) is 2.30. The molecular weight excluding hydrogens is 432 g/mol. The van der Waals surface area contributed by atoms with Crippen LogP contribution in [-0.2, 0) is 11.3 Å². The Morgan fingerprint density at radius 1 is 0.857 bits per heavy atom. The fourth-order valence-corrected chi connectivity index (χ4v) is 4.99. The molecule has 0 heterocycles. The standard InChI is InChI=1S/C31H32N2O2/c1-21(2)30(32)19-33(18-23-12-9-11-22-10-3-4-13-24(22)23)31(34)35-20-29-27-16-7-5-14-25(27)26-15-6-8-17-28(26)29/h3-17,21,29-30H,18-20,32H2,1-2H3/t30-/m1/s1. The number of nitrogens with zero attached hydrogens (tertiary/aromatic N) is 1. The summed E-state index contributed by atoms with van der Waals surface area (Å²) in [6.07, 6.45) is -0.323. The highest BCUT2D eigenvalue weighted by atomic mass is 16.6. The second kappa shape index (κ2) is 9.93. The third kappa shape index (κ3) is 4.67. The van der Waals surface area contributed by atoms with Crippen LogP contribution in [0, 0.1) is 5.92 Å². The van der Waals surface area contributed by atoms with Gasteiger partial charge in [-0.3, -0.25) is 0 Å². The molecule has 0 radical (unpaired) electrons. The number of benzene rings is 4. The zero-order valence-electron chi connectivity index (χ0n) is 20.4. The first kappa shape index (κ1) is 23.1. The minimum Gasteiger partial charge on any atom is -0.448 e. The van der Waals surface area contributed by atoms with Crippen LogP contribution in [0.1, 0.15) is 36.5 Å². The van der Waals surface area contributed by atoms with Gasteiger partial charge in [-0.2, -0.15) is 0 Å². The smallest absolute Gasteiger partial charge is 0.410 e.